The summed E-state index contributed by atoms with van der Waals surface area (Å²) in [4.78, 5) is 10.6. The lowest BCUT2D eigenvalue weighted by Crippen LogP contribution is -2.29. The zero-order valence-electron chi connectivity index (χ0n) is 12.0. The minimum Gasteiger partial charge on any atom is -0.370 e. The maximum absolute atomic E-state index is 11.7. The number of hydrogen-bond donors (Lipinski definition) is 2. The molecule has 1 aromatic carbocycles. The summed E-state index contributed by atoms with van der Waals surface area (Å²) in [5.74, 6) is -0.764. The fraction of sp³-hybridized carbons (Fsp3) is 0.500. The van der Waals surface area contributed by atoms with Crippen molar-refractivity contribution in [1.82, 2.24) is 5.32 Å². The Bertz CT molecular complexity index is 558. The second kappa shape index (κ2) is 8.51. The highest BCUT2D eigenvalue weighted by Gasteiger charge is 2.14. The summed E-state index contributed by atoms with van der Waals surface area (Å²) < 4.78 is 24.5. The molecule has 0 aliphatic carbocycles. The summed E-state index contributed by atoms with van der Waals surface area (Å²) in [7, 11) is -3.24. The first-order valence-electron chi connectivity index (χ1n) is 6.81. The summed E-state index contributed by atoms with van der Waals surface area (Å²) in [5.41, 5.74) is 6.08. The van der Waals surface area contributed by atoms with Crippen LogP contribution in [0.15, 0.2) is 28.7 Å². The Morgan fingerprint density at radius 3 is 2.43 bits per heavy atom. The maximum Gasteiger partial charge on any atom is 0.218 e. The number of nitrogens with one attached hydrogen (secondary N) is 1. The molecule has 0 unspecified atom stereocenters. The fourth-order valence-electron chi connectivity index (χ4n) is 1.94. The van der Waals surface area contributed by atoms with Crippen molar-refractivity contribution >= 4 is 31.7 Å². The molecule has 0 spiro atoms. The number of rotatable bonds is 9. The van der Waals surface area contributed by atoms with E-state index in [1.807, 2.05) is 31.2 Å². The van der Waals surface area contributed by atoms with Crippen molar-refractivity contribution in [1.29, 1.82) is 0 Å². The number of benzene rings is 1. The molecule has 0 bridgehead atoms. The molecule has 7 heteroatoms. The Morgan fingerprint density at radius 2 is 1.90 bits per heavy atom. The van der Waals surface area contributed by atoms with Crippen LogP contribution in [0.5, 0.6) is 0 Å². The van der Waals surface area contributed by atoms with Crippen LogP contribution >= 0.6 is 15.9 Å². The second-order valence-corrected chi connectivity index (χ2v) is 8.05. The largest absolute Gasteiger partial charge is 0.370 e. The van der Waals surface area contributed by atoms with E-state index in [-0.39, 0.29) is 24.0 Å². The monoisotopic (exact) mass is 376 g/mol. The van der Waals surface area contributed by atoms with Gasteiger partial charge in [0.15, 0.2) is 9.84 Å². The highest BCUT2D eigenvalue weighted by molar-refractivity contribution is 9.10. The first-order valence-corrected chi connectivity index (χ1v) is 9.43. The van der Waals surface area contributed by atoms with Gasteiger partial charge in [-0.05, 0) is 24.1 Å². The van der Waals surface area contributed by atoms with Crippen LogP contribution in [0.2, 0.25) is 0 Å². The van der Waals surface area contributed by atoms with Crippen LogP contribution in [0, 0.1) is 0 Å². The average Bonchev–Trinajstić information content (AvgIpc) is 2.43. The van der Waals surface area contributed by atoms with E-state index in [2.05, 4.69) is 21.2 Å². The number of carbonyl (C=O) groups is 1. The van der Waals surface area contributed by atoms with Crippen LogP contribution in [-0.4, -0.2) is 32.4 Å². The van der Waals surface area contributed by atoms with E-state index in [0.29, 0.717) is 6.54 Å². The van der Waals surface area contributed by atoms with Gasteiger partial charge in [0.2, 0.25) is 5.91 Å². The number of nitrogens with two attached hydrogens (primary N) is 1. The van der Waals surface area contributed by atoms with Gasteiger partial charge in [-0.15, -0.1) is 0 Å². The van der Waals surface area contributed by atoms with Crippen LogP contribution in [0.25, 0.3) is 0 Å². The molecular weight excluding hydrogens is 356 g/mol. The predicted molar refractivity (Wildman–Crippen MR) is 87.6 cm³/mol. The molecule has 0 aliphatic heterocycles. The van der Waals surface area contributed by atoms with Crippen molar-refractivity contribution in [2.75, 3.05) is 18.1 Å². The third-order valence-corrected chi connectivity index (χ3v) is 5.32. The molecule has 0 saturated heterocycles. The van der Waals surface area contributed by atoms with Gasteiger partial charge in [0, 0.05) is 23.5 Å². The van der Waals surface area contributed by atoms with Crippen LogP contribution in [0.3, 0.4) is 0 Å². The minimum absolute atomic E-state index is 0.00725. The average molecular weight is 377 g/mol. The Morgan fingerprint density at radius 1 is 1.29 bits per heavy atom. The molecule has 0 heterocycles. The molecule has 1 atom stereocenters. The fourth-order valence-corrected chi connectivity index (χ4v) is 3.35. The van der Waals surface area contributed by atoms with Gasteiger partial charge >= 0.3 is 0 Å². The van der Waals surface area contributed by atoms with Gasteiger partial charge in [-0.2, -0.15) is 0 Å². The normalized spacial score (nSPS) is 13.0. The van der Waals surface area contributed by atoms with Crippen LogP contribution < -0.4 is 11.1 Å². The standard InChI is InChI=1S/C14H21BrN2O3S/c1-2-13(11-3-5-12(15)6-4-11)17-8-10-21(19,20)9-7-14(16)18/h3-6,13,17H,2,7-10H2,1H3,(H2,16,18)/t13-/m1/s1. The molecular formula is C14H21BrN2O3S. The molecule has 5 nitrogen and oxygen atoms in total. The quantitative estimate of drug-likeness (QED) is 0.687. The van der Waals surface area contributed by atoms with Crippen LogP contribution in [-0.2, 0) is 14.6 Å². The molecule has 1 amide bonds. The van der Waals surface area contributed by atoms with E-state index in [1.54, 1.807) is 0 Å². The molecule has 0 radical (unpaired) electrons. The van der Waals surface area contributed by atoms with Crippen LogP contribution in [0.4, 0.5) is 0 Å². The molecule has 0 aliphatic rings. The van der Waals surface area contributed by atoms with Gasteiger partial charge in [0.05, 0.1) is 11.5 Å². The summed E-state index contributed by atoms with van der Waals surface area (Å²) in [6, 6.07) is 8.05. The van der Waals surface area contributed by atoms with Crippen LogP contribution in [0.1, 0.15) is 31.4 Å². The molecule has 0 saturated carbocycles. The summed E-state index contributed by atoms with van der Waals surface area (Å²) in [6.45, 7) is 2.40. The number of carbonyl (C=O) groups excluding carboxylic acids is 1. The smallest absolute Gasteiger partial charge is 0.218 e. The highest BCUT2D eigenvalue weighted by Crippen LogP contribution is 2.19. The Balaban J connectivity index is 2.49. The van der Waals surface area contributed by atoms with Gasteiger partial charge in [-0.25, -0.2) is 8.42 Å². The van der Waals surface area contributed by atoms with Gasteiger partial charge in [-0.3, -0.25) is 4.79 Å². The Hall–Kier alpha value is -0.920. The van der Waals surface area contributed by atoms with E-state index in [9.17, 15) is 13.2 Å². The lowest BCUT2D eigenvalue weighted by atomic mass is 10.1. The summed E-state index contributed by atoms with van der Waals surface area (Å²) >= 11 is 3.39. The summed E-state index contributed by atoms with van der Waals surface area (Å²) in [6.07, 6.45) is 0.745. The molecule has 1 aromatic rings. The second-order valence-electron chi connectivity index (χ2n) is 4.83. The lowest BCUT2D eigenvalue weighted by Gasteiger charge is -2.17. The van der Waals surface area contributed by atoms with Crippen molar-refractivity contribution in [2.45, 2.75) is 25.8 Å². The number of primary amides is 1. The molecule has 21 heavy (non-hydrogen) atoms. The predicted octanol–water partition coefficient (Wildman–Crippen LogP) is 1.78. The van der Waals surface area contributed by atoms with Gasteiger partial charge in [-0.1, -0.05) is 35.0 Å². The third kappa shape index (κ3) is 7.06. The number of amides is 1. The van der Waals surface area contributed by atoms with Crippen molar-refractivity contribution in [3.05, 3.63) is 34.3 Å². The van der Waals surface area contributed by atoms with E-state index in [0.717, 1.165) is 16.5 Å². The first-order chi connectivity index (χ1) is 9.84. The zero-order valence-corrected chi connectivity index (χ0v) is 14.4. The van der Waals surface area contributed by atoms with E-state index in [1.165, 1.54) is 0 Å². The molecule has 0 aromatic heterocycles. The highest BCUT2D eigenvalue weighted by atomic mass is 79.9. The van der Waals surface area contributed by atoms with E-state index in [4.69, 9.17) is 5.73 Å². The number of halogens is 1. The molecule has 118 valence electrons. The molecule has 0 fully saturated rings. The number of sulfone groups is 1. The Labute approximate surface area is 134 Å². The van der Waals surface area contributed by atoms with E-state index >= 15 is 0 Å². The lowest BCUT2D eigenvalue weighted by molar-refractivity contribution is -0.117. The Kier molecular flexibility index (Phi) is 7.34. The first kappa shape index (κ1) is 18.1. The van der Waals surface area contributed by atoms with E-state index < -0.39 is 15.7 Å². The van der Waals surface area contributed by atoms with Gasteiger partial charge < -0.3 is 11.1 Å². The van der Waals surface area contributed by atoms with Gasteiger partial charge in [0.25, 0.3) is 0 Å². The van der Waals surface area contributed by atoms with Crippen molar-refractivity contribution < 1.29 is 13.2 Å². The summed E-state index contributed by atoms with van der Waals surface area (Å²) in [5, 5.41) is 3.24. The topological polar surface area (TPSA) is 89.3 Å². The van der Waals surface area contributed by atoms with Crippen molar-refractivity contribution in [3.63, 3.8) is 0 Å². The SMILES string of the molecule is CC[C@@H](NCCS(=O)(=O)CCC(N)=O)c1ccc(Br)cc1. The molecule has 3 N–H and O–H groups in total. The third-order valence-electron chi connectivity index (χ3n) is 3.14. The number of hydrogen-bond acceptors (Lipinski definition) is 4. The van der Waals surface area contributed by atoms with Crippen molar-refractivity contribution in [3.8, 4) is 0 Å². The minimum atomic E-state index is -3.24. The zero-order chi connectivity index (χ0) is 15.9. The molecule has 1 rings (SSSR count). The maximum atomic E-state index is 11.7. The van der Waals surface area contributed by atoms with Crippen molar-refractivity contribution in [2.24, 2.45) is 5.73 Å². The van der Waals surface area contributed by atoms with Gasteiger partial charge in [0.1, 0.15) is 0 Å².